The molecule has 0 amide bonds. The Hall–Kier alpha value is -2.82. The first kappa shape index (κ1) is 17.6. The highest BCUT2D eigenvalue weighted by molar-refractivity contribution is 7.86. The normalized spacial score (nSPS) is 16.3. The van der Waals surface area contributed by atoms with E-state index in [-0.39, 0.29) is 6.61 Å². The molecule has 138 valence electrons. The van der Waals surface area contributed by atoms with Crippen molar-refractivity contribution in [3.05, 3.63) is 54.2 Å². The second-order valence-corrected chi connectivity index (χ2v) is 7.96. The van der Waals surface area contributed by atoms with Gasteiger partial charge in [0.2, 0.25) is 0 Å². The van der Waals surface area contributed by atoms with Gasteiger partial charge in [0.25, 0.3) is 0 Å². The molecule has 0 aliphatic heterocycles. The Kier molecular flexibility index (Phi) is 4.60. The van der Waals surface area contributed by atoms with Gasteiger partial charge in [-0.3, -0.25) is 4.72 Å². The Morgan fingerprint density at radius 2 is 2.04 bits per heavy atom. The Balaban J connectivity index is 1.45. The van der Waals surface area contributed by atoms with Gasteiger partial charge in [-0.2, -0.15) is 5.26 Å². The molecule has 1 atom stereocenters. The summed E-state index contributed by atoms with van der Waals surface area (Å²) < 4.78 is 21.3. The van der Waals surface area contributed by atoms with E-state index in [2.05, 4.69) is 15.8 Å². The molecule has 2 aromatic carbocycles. The Bertz CT molecular complexity index is 1030. The number of H-pyrrole nitrogens is 1. The zero-order valence-electron chi connectivity index (χ0n) is 14.6. The summed E-state index contributed by atoms with van der Waals surface area (Å²) in [6, 6.07) is 14.6. The number of aromatic amines is 1. The lowest BCUT2D eigenvalue weighted by Crippen LogP contribution is -2.42. The summed E-state index contributed by atoms with van der Waals surface area (Å²) >= 11 is 0. The van der Waals surface area contributed by atoms with Gasteiger partial charge in [-0.1, -0.05) is 12.1 Å². The van der Waals surface area contributed by atoms with E-state index >= 15 is 0 Å². The molecule has 1 aliphatic rings. The van der Waals surface area contributed by atoms with Crippen LogP contribution in [0.4, 0.5) is 5.69 Å². The standard InChI is InChI=1S/C20H19N3O3S/c21-11-14-12-22-19-17(14)3-1-4-18(19)23-27(25)16-7-5-15(6-8-16)26-13-20(24)9-2-10-20/h1,3-8,12,22-24H,2,9-10,13H2. The lowest BCUT2D eigenvalue weighted by atomic mass is 9.81. The molecule has 0 bridgehead atoms. The zero-order chi connectivity index (χ0) is 18.9. The number of aliphatic hydroxyl groups is 1. The average Bonchev–Trinajstić information content (AvgIpc) is 3.09. The number of hydrogen-bond donors (Lipinski definition) is 3. The van der Waals surface area contributed by atoms with Gasteiger partial charge >= 0.3 is 0 Å². The Morgan fingerprint density at radius 3 is 2.70 bits per heavy atom. The van der Waals surface area contributed by atoms with Crippen LogP contribution in [-0.2, 0) is 11.0 Å². The molecule has 1 unspecified atom stereocenters. The van der Waals surface area contributed by atoms with Gasteiger partial charge in [0.05, 0.1) is 27.3 Å². The van der Waals surface area contributed by atoms with E-state index in [1.54, 1.807) is 30.5 Å². The molecule has 1 saturated carbocycles. The van der Waals surface area contributed by atoms with E-state index in [9.17, 15) is 9.32 Å². The molecule has 1 fully saturated rings. The molecule has 3 N–H and O–H groups in total. The fraction of sp³-hybridized carbons (Fsp3) is 0.250. The number of rotatable bonds is 6. The van der Waals surface area contributed by atoms with E-state index in [1.165, 1.54) is 0 Å². The molecular formula is C20H19N3O3S. The number of anilines is 1. The maximum atomic E-state index is 12.7. The number of aromatic nitrogens is 1. The van der Waals surface area contributed by atoms with Gasteiger partial charge in [-0.15, -0.1) is 0 Å². The molecule has 3 aromatic rings. The van der Waals surface area contributed by atoms with Crippen LogP contribution in [-0.4, -0.2) is 26.5 Å². The molecular weight excluding hydrogens is 362 g/mol. The quantitative estimate of drug-likeness (QED) is 0.609. The van der Waals surface area contributed by atoms with Gasteiger partial charge in [0.1, 0.15) is 29.4 Å². The minimum atomic E-state index is -1.46. The SMILES string of the molecule is N#Cc1c[nH]c2c(NS(=O)c3ccc(OCC4(O)CCC4)cc3)cccc12. The number of nitrogens with zero attached hydrogens (tertiary/aromatic N) is 1. The molecule has 1 aromatic heterocycles. The monoisotopic (exact) mass is 381 g/mol. The molecule has 0 radical (unpaired) electrons. The van der Waals surface area contributed by atoms with Crippen LogP contribution in [0, 0.1) is 11.3 Å². The molecule has 6 nitrogen and oxygen atoms in total. The van der Waals surface area contributed by atoms with Gasteiger partial charge < -0.3 is 14.8 Å². The van der Waals surface area contributed by atoms with Crippen molar-refractivity contribution in [2.45, 2.75) is 29.8 Å². The van der Waals surface area contributed by atoms with Crippen molar-refractivity contribution in [1.82, 2.24) is 4.98 Å². The van der Waals surface area contributed by atoms with E-state index < -0.39 is 16.6 Å². The summed E-state index contributed by atoms with van der Waals surface area (Å²) in [6.45, 7) is 0.281. The van der Waals surface area contributed by atoms with E-state index in [4.69, 9.17) is 10.00 Å². The predicted octanol–water partition coefficient (Wildman–Crippen LogP) is 3.47. The number of para-hydroxylation sites is 1. The first-order valence-electron chi connectivity index (χ1n) is 8.72. The van der Waals surface area contributed by atoms with Crippen molar-refractivity contribution in [2.24, 2.45) is 0 Å². The summed E-state index contributed by atoms with van der Waals surface area (Å²) in [5.74, 6) is 0.640. The minimum Gasteiger partial charge on any atom is -0.491 e. The summed E-state index contributed by atoms with van der Waals surface area (Å²) in [5, 5.41) is 20.0. The van der Waals surface area contributed by atoms with Gasteiger partial charge in [-0.05, 0) is 49.6 Å². The number of benzene rings is 2. The fourth-order valence-corrected chi connectivity index (χ4v) is 3.97. The lowest BCUT2D eigenvalue weighted by Gasteiger charge is -2.35. The highest BCUT2D eigenvalue weighted by atomic mass is 32.2. The number of nitriles is 1. The zero-order valence-corrected chi connectivity index (χ0v) is 15.4. The van der Waals surface area contributed by atoms with Crippen molar-refractivity contribution in [3.8, 4) is 11.8 Å². The van der Waals surface area contributed by atoms with Crippen molar-refractivity contribution in [1.29, 1.82) is 5.26 Å². The molecule has 4 rings (SSSR count). The van der Waals surface area contributed by atoms with Crippen molar-refractivity contribution in [2.75, 3.05) is 11.3 Å². The van der Waals surface area contributed by atoms with Crippen LogP contribution in [0.5, 0.6) is 5.75 Å². The topological polar surface area (TPSA) is 98.1 Å². The highest BCUT2D eigenvalue weighted by Gasteiger charge is 2.35. The molecule has 0 saturated heterocycles. The smallest absolute Gasteiger partial charge is 0.150 e. The Labute approximate surface area is 159 Å². The molecule has 27 heavy (non-hydrogen) atoms. The first-order chi connectivity index (χ1) is 13.1. The van der Waals surface area contributed by atoms with Crippen LogP contribution < -0.4 is 9.46 Å². The van der Waals surface area contributed by atoms with Gasteiger partial charge in [0.15, 0.2) is 0 Å². The van der Waals surface area contributed by atoms with Gasteiger partial charge in [0, 0.05) is 11.6 Å². The first-order valence-corrected chi connectivity index (χ1v) is 9.87. The fourth-order valence-electron chi connectivity index (χ4n) is 3.10. The maximum Gasteiger partial charge on any atom is 0.150 e. The third-order valence-corrected chi connectivity index (χ3v) is 5.97. The van der Waals surface area contributed by atoms with E-state index in [0.717, 1.165) is 30.2 Å². The summed E-state index contributed by atoms with van der Waals surface area (Å²) in [7, 11) is -1.46. The van der Waals surface area contributed by atoms with Crippen LogP contribution in [0.3, 0.4) is 0 Å². The lowest BCUT2D eigenvalue weighted by molar-refractivity contribution is -0.0663. The Morgan fingerprint density at radius 1 is 1.26 bits per heavy atom. The summed E-state index contributed by atoms with van der Waals surface area (Å²) in [6.07, 6.45) is 4.22. The molecule has 7 heteroatoms. The van der Waals surface area contributed by atoms with Crippen LogP contribution in [0.1, 0.15) is 24.8 Å². The summed E-state index contributed by atoms with van der Waals surface area (Å²) in [4.78, 5) is 3.66. The van der Waals surface area contributed by atoms with Crippen molar-refractivity contribution in [3.63, 3.8) is 0 Å². The largest absolute Gasteiger partial charge is 0.491 e. The number of nitrogens with one attached hydrogen (secondary N) is 2. The third kappa shape index (κ3) is 3.54. The van der Waals surface area contributed by atoms with E-state index in [0.29, 0.717) is 21.9 Å². The number of fused-ring (bicyclic) bond motifs is 1. The second-order valence-electron chi connectivity index (χ2n) is 6.75. The van der Waals surface area contributed by atoms with E-state index in [1.807, 2.05) is 18.2 Å². The number of hydrogen-bond acceptors (Lipinski definition) is 4. The minimum absolute atomic E-state index is 0.281. The average molecular weight is 381 g/mol. The number of ether oxygens (including phenoxy) is 1. The summed E-state index contributed by atoms with van der Waals surface area (Å²) in [5.41, 5.74) is 1.27. The predicted molar refractivity (Wildman–Crippen MR) is 104 cm³/mol. The second kappa shape index (κ2) is 7.06. The maximum absolute atomic E-state index is 12.7. The van der Waals surface area contributed by atoms with Crippen molar-refractivity contribution >= 4 is 27.6 Å². The van der Waals surface area contributed by atoms with Crippen LogP contribution >= 0.6 is 0 Å². The van der Waals surface area contributed by atoms with Crippen LogP contribution in [0.15, 0.2) is 53.6 Å². The highest BCUT2D eigenvalue weighted by Crippen LogP contribution is 2.32. The van der Waals surface area contributed by atoms with Crippen LogP contribution in [0.25, 0.3) is 10.9 Å². The molecule has 0 spiro atoms. The third-order valence-electron chi connectivity index (χ3n) is 4.87. The molecule has 1 aliphatic carbocycles. The van der Waals surface area contributed by atoms with Crippen molar-refractivity contribution < 1.29 is 14.1 Å². The van der Waals surface area contributed by atoms with Gasteiger partial charge in [-0.25, -0.2) is 4.21 Å². The molecule has 1 heterocycles. The van der Waals surface area contributed by atoms with Crippen LogP contribution in [0.2, 0.25) is 0 Å².